The van der Waals surface area contributed by atoms with Crippen LogP contribution in [0.15, 0.2) is 0 Å². The molecule has 2 unspecified atom stereocenters. The first-order chi connectivity index (χ1) is 6.91. The summed E-state index contributed by atoms with van der Waals surface area (Å²) >= 11 is 0. The van der Waals surface area contributed by atoms with Gasteiger partial charge in [-0.15, -0.1) is 0 Å². The van der Waals surface area contributed by atoms with Gasteiger partial charge in [0.05, 0.1) is 11.7 Å². The van der Waals surface area contributed by atoms with Crippen molar-refractivity contribution in [1.82, 2.24) is 5.32 Å². The number of rotatable bonds is 8. The first-order valence-corrected chi connectivity index (χ1v) is 5.81. The van der Waals surface area contributed by atoms with Gasteiger partial charge in [0.25, 0.3) is 0 Å². The first-order valence-electron chi connectivity index (χ1n) is 5.81. The van der Waals surface area contributed by atoms with E-state index < -0.39 is 0 Å². The molecule has 0 aliphatic carbocycles. The van der Waals surface area contributed by atoms with Crippen LogP contribution in [0.4, 0.5) is 0 Å². The lowest BCUT2D eigenvalue weighted by molar-refractivity contribution is 0.00640. The maximum Gasteiger partial charge on any atom is 0.0671 e. The van der Waals surface area contributed by atoms with Crippen molar-refractivity contribution in [2.24, 2.45) is 0 Å². The summed E-state index contributed by atoms with van der Waals surface area (Å²) in [6, 6.07) is 0.447. The minimum absolute atomic E-state index is 0.0543. The minimum atomic E-state index is -0.0543. The smallest absolute Gasteiger partial charge is 0.0671 e. The van der Waals surface area contributed by atoms with Gasteiger partial charge in [0, 0.05) is 26.3 Å². The van der Waals surface area contributed by atoms with Crippen molar-refractivity contribution in [2.45, 2.75) is 58.8 Å². The van der Waals surface area contributed by atoms with Gasteiger partial charge in [-0.05, 0) is 41.0 Å². The largest absolute Gasteiger partial charge is 0.379 e. The van der Waals surface area contributed by atoms with Crippen LogP contribution in [0.5, 0.6) is 0 Å². The zero-order valence-corrected chi connectivity index (χ0v) is 11.1. The summed E-state index contributed by atoms with van der Waals surface area (Å²) in [7, 11) is 1.76. The molecule has 15 heavy (non-hydrogen) atoms. The molecule has 0 saturated carbocycles. The van der Waals surface area contributed by atoms with E-state index in [2.05, 4.69) is 33.0 Å². The van der Waals surface area contributed by atoms with E-state index in [1.807, 2.05) is 6.92 Å². The summed E-state index contributed by atoms with van der Waals surface area (Å²) in [4.78, 5) is 0. The van der Waals surface area contributed by atoms with Gasteiger partial charge in [-0.3, -0.25) is 0 Å². The molecule has 0 aromatic rings. The van der Waals surface area contributed by atoms with E-state index in [0.717, 1.165) is 19.6 Å². The molecular weight excluding hydrogens is 190 g/mol. The Kier molecular flexibility index (Phi) is 7.14. The van der Waals surface area contributed by atoms with Gasteiger partial charge in [0.1, 0.15) is 0 Å². The molecule has 3 heteroatoms. The Bertz CT molecular complexity index is 160. The summed E-state index contributed by atoms with van der Waals surface area (Å²) in [5.41, 5.74) is -0.0543. The second-order valence-electron chi connectivity index (χ2n) is 4.74. The van der Waals surface area contributed by atoms with Crippen molar-refractivity contribution in [2.75, 3.05) is 20.3 Å². The standard InChI is InChI=1S/C12H27NO2/c1-7-15-11(3)9-13-10(2)8-12(4,5)14-6/h10-11,13H,7-9H2,1-6H3. The molecule has 0 bridgehead atoms. The van der Waals surface area contributed by atoms with Gasteiger partial charge in [-0.2, -0.15) is 0 Å². The first kappa shape index (κ1) is 14.9. The lowest BCUT2D eigenvalue weighted by Gasteiger charge is -2.27. The van der Waals surface area contributed by atoms with Gasteiger partial charge in [-0.25, -0.2) is 0 Å². The average molecular weight is 217 g/mol. The minimum Gasteiger partial charge on any atom is -0.379 e. The molecule has 0 amide bonds. The van der Waals surface area contributed by atoms with Crippen LogP contribution in [0.25, 0.3) is 0 Å². The number of hydrogen-bond donors (Lipinski definition) is 1. The Labute approximate surface area is 94.5 Å². The summed E-state index contributed by atoms with van der Waals surface area (Å²) in [6.45, 7) is 12.2. The predicted molar refractivity (Wildman–Crippen MR) is 64.3 cm³/mol. The number of ether oxygens (including phenoxy) is 2. The highest BCUT2D eigenvalue weighted by atomic mass is 16.5. The fraction of sp³-hybridized carbons (Fsp3) is 1.00. The molecule has 92 valence electrons. The van der Waals surface area contributed by atoms with E-state index in [9.17, 15) is 0 Å². The van der Waals surface area contributed by atoms with Crippen LogP contribution >= 0.6 is 0 Å². The highest BCUT2D eigenvalue weighted by molar-refractivity contribution is 4.75. The molecule has 0 aromatic heterocycles. The van der Waals surface area contributed by atoms with Gasteiger partial charge in [0.15, 0.2) is 0 Å². The fourth-order valence-corrected chi connectivity index (χ4v) is 1.60. The predicted octanol–water partition coefficient (Wildman–Crippen LogP) is 2.20. The second-order valence-corrected chi connectivity index (χ2v) is 4.74. The molecular formula is C12H27NO2. The molecule has 0 rings (SSSR count). The summed E-state index contributed by atoms with van der Waals surface area (Å²) in [6.07, 6.45) is 1.28. The molecule has 0 radical (unpaired) electrons. The molecule has 0 aromatic carbocycles. The van der Waals surface area contributed by atoms with E-state index in [-0.39, 0.29) is 11.7 Å². The molecule has 0 fully saturated rings. The molecule has 0 spiro atoms. The molecule has 0 heterocycles. The maximum atomic E-state index is 5.45. The maximum absolute atomic E-state index is 5.45. The zero-order chi connectivity index (χ0) is 11.9. The average Bonchev–Trinajstić information content (AvgIpc) is 2.15. The third-order valence-corrected chi connectivity index (χ3v) is 2.56. The molecule has 1 N–H and O–H groups in total. The topological polar surface area (TPSA) is 30.5 Å². The lowest BCUT2D eigenvalue weighted by Crippen LogP contribution is -2.39. The molecule has 0 aliphatic rings. The Balaban J connectivity index is 3.70. The Morgan fingerprint density at radius 1 is 1.27 bits per heavy atom. The van der Waals surface area contributed by atoms with Crippen LogP contribution in [-0.4, -0.2) is 38.0 Å². The highest BCUT2D eigenvalue weighted by Gasteiger charge is 2.20. The normalized spacial score (nSPS) is 16.4. The summed E-state index contributed by atoms with van der Waals surface area (Å²) < 4.78 is 10.8. The van der Waals surface area contributed by atoms with Crippen molar-refractivity contribution in [1.29, 1.82) is 0 Å². The van der Waals surface area contributed by atoms with Crippen molar-refractivity contribution >= 4 is 0 Å². The van der Waals surface area contributed by atoms with E-state index in [1.54, 1.807) is 7.11 Å². The van der Waals surface area contributed by atoms with Crippen molar-refractivity contribution in [3.8, 4) is 0 Å². The Morgan fingerprint density at radius 2 is 1.87 bits per heavy atom. The molecule has 2 atom stereocenters. The van der Waals surface area contributed by atoms with Crippen LogP contribution in [0.1, 0.15) is 41.0 Å². The quantitative estimate of drug-likeness (QED) is 0.676. The van der Waals surface area contributed by atoms with Crippen LogP contribution in [0, 0.1) is 0 Å². The monoisotopic (exact) mass is 217 g/mol. The zero-order valence-electron chi connectivity index (χ0n) is 11.1. The third-order valence-electron chi connectivity index (χ3n) is 2.56. The van der Waals surface area contributed by atoms with Crippen molar-refractivity contribution < 1.29 is 9.47 Å². The number of methoxy groups -OCH3 is 1. The van der Waals surface area contributed by atoms with E-state index in [4.69, 9.17) is 9.47 Å². The van der Waals surface area contributed by atoms with Crippen molar-refractivity contribution in [3.63, 3.8) is 0 Å². The van der Waals surface area contributed by atoms with Gasteiger partial charge < -0.3 is 14.8 Å². The fourth-order valence-electron chi connectivity index (χ4n) is 1.60. The second kappa shape index (κ2) is 7.20. The summed E-state index contributed by atoms with van der Waals surface area (Å²) in [5.74, 6) is 0. The SMILES string of the molecule is CCOC(C)CNC(C)CC(C)(C)OC. The van der Waals surface area contributed by atoms with Gasteiger partial charge >= 0.3 is 0 Å². The highest BCUT2D eigenvalue weighted by Crippen LogP contribution is 2.15. The summed E-state index contributed by atoms with van der Waals surface area (Å²) in [5, 5.41) is 3.45. The van der Waals surface area contributed by atoms with Crippen LogP contribution in [-0.2, 0) is 9.47 Å². The Morgan fingerprint density at radius 3 is 2.33 bits per heavy atom. The Hall–Kier alpha value is -0.120. The molecule has 0 saturated heterocycles. The molecule has 3 nitrogen and oxygen atoms in total. The number of nitrogens with one attached hydrogen (secondary N) is 1. The number of hydrogen-bond acceptors (Lipinski definition) is 3. The van der Waals surface area contributed by atoms with E-state index in [0.29, 0.717) is 6.04 Å². The van der Waals surface area contributed by atoms with Gasteiger partial charge in [-0.1, -0.05) is 0 Å². The van der Waals surface area contributed by atoms with Crippen LogP contribution in [0.3, 0.4) is 0 Å². The van der Waals surface area contributed by atoms with E-state index >= 15 is 0 Å². The van der Waals surface area contributed by atoms with Crippen LogP contribution in [0.2, 0.25) is 0 Å². The van der Waals surface area contributed by atoms with E-state index in [1.165, 1.54) is 0 Å². The van der Waals surface area contributed by atoms with Gasteiger partial charge in [0.2, 0.25) is 0 Å². The van der Waals surface area contributed by atoms with Crippen LogP contribution < -0.4 is 5.32 Å². The third kappa shape index (κ3) is 7.77. The molecule has 0 aliphatic heterocycles. The lowest BCUT2D eigenvalue weighted by atomic mass is 10.00. The van der Waals surface area contributed by atoms with Crippen molar-refractivity contribution in [3.05, 3.63) is 0 Å².